The summed E-state index contributed by atoms with van der Waals surface area (Å²) >= 11 is 3.66. The maximum Gasteiger partial charge on any atom is 0.0766 e. The fourth-order valence-corrected chi connectivity index (χ4v) is 3.60. The van der Waals surface area contributed by atoms with Crippen LogP contribution in [0.4, 0.5) is 0 Å². The number of rotatable bonds is 4. The zero-order valence-corrected chi connectivity index (χ0v) is 12.3. The van der Waals surface area contributed by atoms with Gasteiger partial charge in [0.05, 0.1) is 15.9 Å². The molecule has 1 aliphatic rings. The molecule has 0 bridgehead atoms. The molecule has 2 N–H and O–H groups in total. The molecule has 0 aromatic carbocycles. The lowest BCUT2D eigenvalue weighted by molar-refractivity contribution is 0.421. The van der Waals surface area contributed by atoms with E-state index in [9.17, 15) is 0 Å². The largest absolute Gasteiger partial charge is 0.327 e. The molecule has 0 spiro atoms. The number of nitrogens with two attached hydrogens (primary N) is 1. The SMILES string of the molecule is CCc1nn(C)c(CC(N)C2CCCC2)c1Br. The fourth-order valence-electron chi connectivity index (χ4n) is 2.82. The second-order valence-corrected chi connectivity index (χ2v) is 5.89. The van der Waals surface area contributed by atoms with Crippen molar-refractivity contribution in [2.45, 2.75) is 51.5 Å². The molecule has 4 heteroatoms. The highest BCUT2D eigenvalue weighted by molar-refractivity contribution is 9.10. The van der Waals surface area contributed by atoms with Gasteiger partial charge in [-0.05, 0) is 41.1 Å². The van der Waals surface area contributed by atoms with E-state index in [2.05, 4.69) is 28.0 Å². The second-order valence-electron chi connectivity index (χ2n) is 5.10. The minimum absolute atomic E-state index is 0.286. The summed E-state index contributed by atoms with van der Waals surface area (Å²) in [5.74, 6) is 0.710. The standard InChI is InChI=1S/C13H22BrN3/c1-3-11-13(14)12(17(2)16-11)8-10(15)9-6-4-5-7-9/h9-10H,3-8,15H2,1-2H3. The lowest BCUT2D eigenvalue weighted by Gasteiger charge is -2.18. The molecule has 1 fully saturated rings. The third-order valence-corrected chi connectivity index (χ3v) is 4.85. The molecule has 1 aromatic rings. The third-order valence-electron chi connectivity index (χ3n) is 3.94. The van der Waals surface area contributed by atoms with Crippen molar-refractivity contribution in [3.05, 3.63) is 15.9 Å². The van der Waals surface area contributed by atoms with E-state index in [1.165, 1.54) is 31.4 Å². The Hall–Kier alpha value is -0.350. The van der Waals surface area contributed by atoms with Crippen molar-refractivity contribution in [3.8, 4) is 0 Å². The molecule has 1 heterocycles. The molecule has 1 aliphatic carbocycles. The number of aryl methyl sites for hydroxylation is 2. The van der Waals surface area contributed by atoms with Crippen LogP contribution in [0.1, 0.15) is 44.0 Å². The van der Waals surface area contributed by atoms with E-state index in [1.54, 1.807) is 0 Å². The van der Waals surface area contributed by atoms with E-state index in [1.807, 2.05) is 11.7 Å². The van der Waals surface area contributed by atoms with Crippen LogP contribution in [0.3, 0.4) is 0 Å². The van der Waals surface area contributed by atoms with Gasteiger partial charge in [0, 0.05) is 19.5 Å². The summed E-state index contributed by atoms with van der Waals surface area (Å²) in [6, 6.07) is 0.286. The van der Waals surface area contributed by atoms with E-state index in [0.717, 1.165) is 23.0 Å². The van der Waals surface area contributed by atoms with Gasteiger partial charge in [-0.3, -0.25) is 4.68 Å². The second kappa shape index (κ2) is 5.53. The summed E-state index contributed by atoms with van der Waals surface area (Å²) in [6.45, 7) is 2.13. The van der Waals surface area contributed by atoms with Crippen LogP contribution in [0.5, 0.6) is 0 Å². The minimum atomic E-state index is 0.286. The van der Waals surface area contributed by atoms with Crippen LogP contribution in [-0.4, -0.2) is 15.8 Å². The third kappa shape index (κ3) is 2.74. The summed E-state index contributed by atoms with van der Waals surface area (Å²) in [6.07, 6.45) is 7.21. The predicted molar refractivity (Wildman–Crippen MR) is 73.9 cm³/mol. The molecule has 0 aliphatic heterocycles. The first-order valence-electron chi connectivity index (χ1n) is 6.59. The van der Waals surface area contributed by atoms with Gasteiger partial charge in [-0.25, -0.2) is 0 Å². The van der Waals surface area contributed by atoms with E-state index in [4.69, 9.17) is 5.73 Å². The summed E-state index contributed by atoms with van der Waals surface area (Å²) < 4.78 is 3.15. The Morgan fingerprint density at radius 3 is 2.65 bits per heavy atom. The Kier molecular flexibility index (Phi) is 4.26. The molecule has 17 heavy (non-hydrogen) atoms. The number of hydrogen-bond donors (Lipinski definition) is 1. The molecule has 3 nitrogen and oxygen atoms in total. The number of halogens is 1. The van der Waals surface area contributed by atoms with Crippen LogP contribution in [0.25, 0.3) is 0 Å². The zero-order chi connectivity index (χ0) is 12.4. The molecule has 2 rings (SSSR count). The normalized spacial score (nSPS) is 18.8. The summed E-state index contributed by atoms with van der Waals surface area (Å²) in [5.41, 5.74) is 8.73. The maximum atomic E-state index is 6.34. The van der Waals surface area contributed by atoms with Gasteiger partial charge < -0.3 is 5.73 Å². The molecule has 0 radical (unpaired) electrons. The average Bonchev–Trinajstić information content (AvgIpc) is 2.92. The van der Waals surface area contributed by atoms with Gasteiger partial charge >= 0.3 is 0 Å². The molecule has 1 unspecified atom stereocenters. The predicted octanol–water partition coefficient (Wildman–Crippen LogP) is 2.81. The van der Waals surface area contributed by atoms with Crippen molar-refractivity contribution in [2.24, 2.45) is 18.7 Å². The van der Waals surface area contributed by atoms with Crippen molar-refractivity contribution in [2.75, 3.05) is 0 Å². The van der Waals surface area contributed by atoms with Gasteiger partial charge in [0.25, 0.3) is 0 Å². The topological polar surface area (TPSA) is 43.8 Å². The Morgan fingerprint density at radius 2 is 2.12 bits per heavy atom. The quantitative estimate of drug-likeness (QED) is 0.929. The van der Waals surface area contributed by atoms with Crippen LogP contribution in [0.2, 0.25) is 0 Å². The van der Waals surface area contributed by atoms with Crippen molar-refractivity contribution in [1.29, 1.82) is 0 Å². The Bertz CT molecular complexity index is 380. The molecule has 0 saturated heterocycles. The van der Waals surface area contributed by atoms with E-state index in [-0.39, 0.29) is 6.04 Å². The monoisotopic (exact) mass is 299 g/mol. The van der Waals surface area contributed by atoms with Crippen molar-refractivity contribution in [3.63, 3.8) is 0 Å². The van der Waals surface area contributed by atoms with E-state index < -0.39 is 0 Å². The Balaban J connectivity index is 2.09. The maximum absolute atomic E-state index is 6.34. The lowest BCUT2D eigenvalue weighted by atomic mass is 9.95. The van der Waals surface area contributed by atoms with Crippen LogP contribution in [0, 0.1) is 5.92 Å². The van der Waals surface area contributed by atoms with Crippen LogP contribution in [-0.2, 0) is 19.9 Å². The van der Waals surface area contributed by atoms with Gasteiger partial charge in [0.15, 0.2) is 0 Å². The first kappa shape index (κ1) is 13.1. The highest BCUT2D eigenvalue weighted by atomic mass is 79.9. The van der Waals surface area contributed by atoms with Crippen molar-refractivity contribution in [1.82, 2.24) is 9.78 Å². The lowest BCUT2D eigenvalue weighted by Crippen LogP contribution is -2.31. The van der Waals surface area contributed by atoms with Crippen LogP contribution < -0.4 is 5.73 Å². The number of hydrogen-bond acceptors (Lipinski definition) is 2. The minimum Gasteiger partial charge on any atom is -0.327 e. The molecule has 1 aromatic heterocycles. The van der Waals surface area contributed by atoms with Crippen LogP contribution >= 0.6 is 15.9 Å². The Morgan fingerprint density at radius 1 is 1.47 bits per heavy atom. The first-order valence-corrected chi connectivity index (χ1v) is 7.38. The van der Waals surface area contributed by atoms with Gasteiger partial charge in [-0.2, -0.15) is 5.10 Å². The van der Waals surface area contributed by atoms with Gasteiger partial charge in [0.1, 0.15) is 0 Å². The van der Waals surface area contributed by atoms with Gasteiger partial charge in [-0.15, -0.1) is 0 Å². The molecule has 1 atom stereocenters. The first-order chi connectivity index (χ1) is 8.13. The molecular weight excluding hydrogens is 278 g/mol. The summed E-state index contributed by atoms with van der Waals surface area (Å²) in [4.78, 5) is 0. The molecular formula is C13H22BrN3. The van der Waals surface area contributed by atoms with Crippen LogP contribution in [0.15, 0.2) is 4.47 Å². The molecule has 96 valence electrons. The fraction of sp³-hybridized carbons (Fsp3) is 0.769. The Labute approximate surface area is 112 Å². The molecule has 0 amide bonds. The van der Waals surface area contributed by atoms with E-state index >= 15 is 0 Å². The smallest absolute Gasteiger partial charge is 0.0766 e. The highest BCUT2D eigenvalue weighted by Gasteiger charge is 2.24. The van der Waals surface area contributed by atoms with Gasteiger partial charge in [0.2, 0.25) is 0 Å². The van der Waals surface area contributed by atoms with Gasteiger partial charge in [-0.1, -0.05) is 19.8 Å². The zero-order valence-electron chi connectivity index (χ0n) is 10.7. The highest BCUT2D eigenvalue weighted by Crippen LogP contribution is 2.30. The molecule has 1 saturated carbocycles. The number of nitrogens with zero attached hydrogens (tertiary/aromatic N) is 2. The van der Waals surface area contributed by atoms with E-state index in [0.29, 0.717) is 5.92 Å². The number of aromatic nitrogens is 2. The summed E-state index contributed by atoms with van der Waals surface area (Å²) in [5, 5.41) is 4.52. The van der Waals surface area contributed by atoms with Crippen molar-refractivity contribution >= 4 is 15.9 Å². The van der Waals surface area contributed by atoms with Crippen molar-refractivity contribution < 1.29 is 0 Å². The average molecular weight is 300 g/mol. The summed E-state index contributed by atoms with van der Waals surface area (Å²) in [7, 11) is 2.01.